The first-order valence-corrected chi connectivity index (χ1v) is 11.1. The molecule has 0 saturated carbocycles. The van der Waals surface area contributed by atoms with Gasteiger partial charge in [0.2, 0.25) is 5.91 Å². The highest BCUT2D eigenvalue weighted by Gasteiger charge is 2.25. The van der Waals surface area contributed by atoms with Gasteiger partial charge in [-0.1, -0.05) is 30.3 Å². The molecular weight excluding hydrogens is 418 g/mol. The van der Waals surface area contributed by atoms with Crippen LogP contribution in [0.15, 0.2) is 77.7 Å². The maximum atomic E-state index is 12.7. The maximum absolute atomic E-state index is 12.7. The fourth-order valence-corrected chi connectivity index (χ4v) is 4.57. The summed E-state index contributed by atoms with van der Waals surface area (Å²) in [5, 5.41) is 10.8. The van der Waals surface area contributed by atoms with Crippen molar-refractivity contribution in [3.8, 4) is 0 Å². The van der Waals surface area contributed by atoms with Gasteiger partial charge in [0.05, 0.1) is 16.4 Å². The van der Waals surface area contributed by atoms with Crippen molar-refractivity contribution < 1.29 is 18.1 Å². The molecule has 0 aromatic heterocycles. The Labute approximate surface area is 179 Å². The summed E-state index contributed by atoms with van der Waals surface area (Å²) in [6.45, 7) is 0.445. The molecule has 9 heteroatoms. The lowest BCUT2D eigenvalue weighted by Gasteiger charge is -2.30. The lowest BCUT2D eigenvalue weighted by molar-refractivity contribution is -0.384. The van der Waals surface area contributed by atoms with Crippen LogP contribution in [0, 0.1) is 10.1 Å². The number of carbonyl (C=O) groups excluding carboxylic acids is 1. The molecular formula is C22H19N3O5S. The summed E-state index contributed by atoms with van der Waals surface area (Å²) in [7, 11) is -3.91. The van der Waals surface area contributed by atoms with Crippen LogP contribution in [0.2, 0.25) is 0 Å². The number of nitro benzene ring substituents is 1. The number of amides is 1. The predicted octanol–water partition coefficient (Wildman–Crippen LogP) is 3.88. The molecule has 0 bridgehead atoms. The Bertz CT molecular complexity index is 1240. The number of benzene rings is 3. The van der Waals surface area contributed by atoms with Crippen LogP contribution in [-0.4, -0.2) is 19.2 Å². The van der Waals surface area contributed by atoms with E-state index in [1.165, 1.54) is 12.1 Å². The van der Waals surface area contributed by atoms with Crippen LogP contribution in [-0.2, 0) is 27.8 Å². The van der Waals surface area contributed by atoms with Crippen molar-refractivity contribution in [2.24, 2.45) is 0 Å². The molecule has 1 heterocycles. The van der Waals surface area contributed by atoms with E-state index in [4.69, 9.17) is 0 Å². The van der Waals surface area contributed by atoms with Gasteiger partial charge in [0.25, 0.3) is 15.7 Å². The van der Waals surface area contributed by atoms with Gasteiger partial charge in [0.15, 0.2) is 0 Å². The van der Waals surface area contributed by atoms with E-state index >= 15 is 0 Å². The van der Waals surface area contributed by atoms with Crippen LogP contribution in [0.25, 0.3) is 0 Å². The molecule has 0 radical (unpaired) electrons. The first-order chi connectivity index (χ1) is 14.8. The first kappa shape index (κ1) is 20.5. The van der Waals surface area contributed by atoms with Gasteiger partial charge in [-0.3, -0.25) is 19.6 Å². The second-order valence-electron chi connectivity index (χ2n) is 7.17. The quantitative estimate of drug-likeness (QED) is 0.465. The molecule has 4 rings (SSSR count). The van der Waals surface area contributed by atoms with Gasteiger partial charge in [-0.15, -0.1) is 0 Å². The maximum Gasteiger partial charge on any atom is 0.269 e. The van der Waals surface area contributed by atoms with Gasteiger partial charge in [0.1, 0.15) is 0 Å². The Balaban J connectivity index is 1.57. The number of carbonyl (C=O) groups is 1. The lowest BCUT2D eigenvalue weighted by atomic mass is 10.00. The molecule has 3 aromatic carbocycles. The van der Waals surface area contributed by atoms with E-state index in [0.717, 1.165) is 28.9 Å². The Kier molecular flexibility index (Phi) is 5.43. The van der Waals surface area contributed by atoms with Crippen molar-refractivity contribution in [1.29, 1.82) is 0 Å². The first-order valence-electron chi connectivity index (χ1n) is 9.58. The number of nitro groups is 1. The zero-order valence-electron chi connectivity index (χ0n) is 16.4. The minimum absolute atomic E-state index is 0.0237. The highest BCUT2D eigenvalue weighted by atomic mass is 32.2. The van der Waals surface area contributed by atoms with Gasteiger partial charge in [-0.25, -0.2) is 8.42 Å². The largest absolute Gasteiger partial charge is 0.308 e. The van der Waals surface area contributed by atoms with E-state index in [0.29, 0.717) is 25.1 Å². The number of fused-ring (bicyclic) bond motifs is 1. The Morgan fingerprint density at radius 2 is 1.68 bits per heavy atom. The number of nitrogens with one attached hydrogen (secondary N) is 1. The lowest BCUT2D eigenvalue weighted by Crippen LogP contribution is -2.34. The molecule has 3 aromatic rings. The van der Waals surface area contributed by atoms with E-state index in [1.54, 1.807) is 23.1 Å². The standard InChI is InChI=1S/C22H19N3O5S/c26-22-13-6-17-14-18(7-12-21(17)24(22)15-16-4-2-1-3-5-16)23-31(29,30)20-10-8-19(9-11-20)25(27)28/h1-5,7-12,14,23H,6,13,15H2. The van der Waals surface area contributed by atoms with Gasteiger partial charge in [-0.2, -0.15) is 0 Å². The normalized spacial score (nSPS) is 13.5. The molecule has 31 heavy (non-hydrogen) atoms. The van der Waals surface area contributed by atoms with Crippen LogP contribution in [0.3, 0.4) is 0 Å². The summed E-state index contributed by atoms with van der Waals surface area (Å²) in [5.74, 6) is 0.0237. The van der Waals surface area contributed by atoms with Crippen LogP contribution < -0.4 is 9.62 Å². The van der Waals surface area contributed by atoms with Crippen molar-refractivity contribution in [3.63, 3.8) is 0 Å². The smallest absolute Gasteiger partial charge is 0.269 e. The molecule has 158 valence electrons. The molecule has 0 unspecified atom stereocenters. The Morgan fingerprint density at radius 3 is 2.35 bits per heavy atom. The van der Waals surface area contributed by atoms with Crippen molar-refractivity contribution >= 4 is 33.0 Å². The number of non-ortho nitro benzene ring substituents is 1. The summed E-state index contributed by atoms with van der Waals surface area (Å²) in [5.41, 5.74) is 2.83. The van der Waals surface area contributed by atoms with E-state index in [2.05, 4.69) is 4.72 Å². The number of anilines is 2. The van der Waals surface area contributed by atoms with E-state index in [-0.39, 0.29) is 16.5 Å². The molecule has 0 aliphatic carbocycles. The zero-order chi connectivity index (χ0) is 22.0. The molecule has 1 amide bonds. The van der Waals surface area contributed by atoms with Crippen molar-refractivity contribution in [1.82, 2.24) is 0 Å². The molecule has 0 spiro atoms. The third-order valence-electron chi connectivity index (χ3n) is 5.07. The number of aryl methyl sites for hydroxylation is 1. The Morgan fingerprint density at radius 1 is 0.968 bits per heavy atom. The van der Waals surface area contributed by atoms with Crippen molar-refractivity contribution in [2.75, 3.05) is 9.62 Å². The van der Waals surface area contributed by atoms with Crippen LogP contribution in [0.1, 0.15) is 17.5 Å². The molecule has 1 N–H and O–H groups in total. The second-order valence-corrected chi connectivity index (χ2v) is 8.85. The SMILES string of the molecule is O=C1CCc2cc(NS(=O)(=O)c3ccc([N+](=O)[O-])cc3)ccc2N1Cc1ccccc1. The summed E-state index contributed by atoms with van der Waals surface area (Å²) in [6.07, 6.45) is 0.866. The monoisotopic (exact) mass is 437 g/mol. The van der Waals surface area contributed by atoms with Gasteiger partial charge < -0.3 is 4.90 Å². The van der Waals surface area contributed by atoms with Crippen LogP contribution in [0.4, 0.5) is 17.1 Å². The molecule has 1 aliphatic rings. The second kappa shape index (κ2) is 8.19. The van der Waals surface area contributed by atoms with Gasteiger partial charge >= 0.3 is 0 Å². The summed E-state index contributed by atoms with van der Waals surface area (Å²) >= 11 is 0. The van der Waals surface area contributed by atoms with E-state index in [1.807, 2.05) is 30.3 Å². The predicted molar refractivity (Wildman–Crippen MR) is 116 cm³/mol. The zero-order valence-corrected chi connectivity index (χ0v) is 17.2. The van der Waals surface area contributed by atoms with Gasteiger partial charge in [-0.05, 0) is 47.9 Å². The van der Waals surface area contributed by atoms with Crippen molar-refractivity contribution in [3.05, 3.63) is 94.0 Å². The van der Waals surface area contributed by atoms with E-state index < -0.39 is 14.9 Å². The minimum atomic E-state index is -3.91. The molecule has 0 fully saturated rings. The van der Waals surface area contributed by atoms with Crippen LogP contribution >= 0.6 is 0 Å². The summed E-state index contributed by atoms with van der Waals surface area (Å²) < 4.78 is 27.8. The van der Waals surface area contributed by atoms with Crippen LogP contribution in [0.5, 0.6) is 0 Å². The van der Waals surface area contributed by atoms with E-state index in [9.17, 15) is 23.3 Å². The average Bonchev–Trinajstić information content (AvgIpc) is 2.76. The fraction of sp³-hybridized carbons (Fsp3) is 0.136. The molecule has 8 nitrogen and oxygen atoms in total. The molecule has 0 saturated heterocycles. The number of rotatable bonds is 6. The number of hydrogen-bond donors (Lipinski definition) is 1. The molecule has 1 aliphatic heterocycles. The highest BCUT2D eigenvalue weighted by molar-refractivity contribution is 7.92. The number of hydrogen-bond acceptors (Lipinski definition) is 5. The fourth-order valence-electron chi connectivity index (χ4n) is 3.52. The van der Waals surface area contributed by atoms with Gasteiger partial charge in [0, 0.05) is 29.9 Å². The topological polar surface area (TPSA) is 110 Å². The minimum Gasteiger partial charge on any atom is -0.308 e. The molecule has 0 atom stereocenters. The average molecular weight is 437 g/mol. The van der Waals surface area contributed by atoms with Crippen molar-refractivity contribution in [2.45, 2.75) is 24.3 Å². The Hall–Kier alpha value is -3.72. The third kappa shape index (κ3) is 4.41. The number of sulfonamides is 1. The number of nitrogens with zero attached hydrogens (tertiary/aromatic N) is 2. The highest BCUT2D eigenvalue weighted by Crippen LogP contribution is 2.32. The summed E-state index contributed by atoms with van der Waals surface area (Å²) in [4.78, 5) is 24.3. The summed E-state index contributed by atoms with van der Waals surface area (Å²) in [6, 6.07) is 19.4. The third-order valence-corrected chi connectivity index (χ3v) is 6.47.